The van der Waals surface area contributed by atoms with E-state index in [2.05, 4.69) is 13.8 Å². The fourth-order valence-corrected chi connectivity index (χ4v) is 2.22. The normalized spacial score (nSPS) is 14.6. The van der Waals surface area contributed by atoms with Crippen LogP contribution < -0.4 is 10.5 Å². The van der Waals surface area contributed by atoms with Crippen molar-refractivity contribution in [2.75, 3.05) is 0 Å². The number of halogens is 1. The highest BCUT2D eigenvalue weighted by Gasteiger charge is 2.18. The van der Waals surface area contributed by atoms with E-state index >= 15 is 0 Å². The molecule has 102 valence electrons. The first kappa shape index (κ1) is 15.3. The van der Waals surface area contributed by atoms with E-state index in [4.69, 9.17) is 22.1 Å². The lowest BCUT2D eigenvalue weighted by atomic mass is 9.93. The SMILES string of the molecule is CCC(CC)CC(N)C(C)Oc1cccc(Cl)c1. The van der Waals surface area contributed by atoms with Crippen LogP contribution in [0, 0.1) is 5.92 Å². The summed E-state index contributed by atoms with van der Waals surface area (Å²) in [5.41, 5.74) is 6.20. The molecule has 0 saturated carbocycles. The van der Waals surface area contributed by atoms with Crippen LogP contribution in [-0.4, -0.2) is 12.1 Å². The van der Waals surface area contributed by atoms with Crippen molar-refractivity contribution in [1.29, 1.82) is 0 Å². The van der Waals surface area contributed by atoms with Gasteiger partial charge in [-0.25, -0.2) is 0 Å². The maximum atomic E-state index is 6.20. The van der Waals surface area contributed by atoms with E-state index in [9.17, 15) is 0 Å². The summed E-state index contributed by atoms with van der Waals surface area (Å²) in [5.74, 6) is 1.47. The maximum Gasteiger partial charge on any atom is 0.121 e. The van der Waals surface area contributed by atoms with Gasteiger partial charge >= 0.3 is 0 Å². The molecule has 2 nitrogen and oxygen atoms in total. The molecule has 0 amide bonds. The molecule has 0 bridgehead atoms. The van der Waals surface area contributed by atoms with Crippen molar-refractivity contribution in [3.8, 4) is 5.75 Å². The van der Waals surface area contributed by atoms with Gasteiger partial charge in [0.2, 0.25) is 0 Å². The molecule has 0 aliphatic carbocycles. The highest BCUT2D eigenvalue weighted by Crippen LogP contribution is 2.21. The number of ether oxygens (including phenoxy) is 1. The Kier molecular flexibility index (Phi) is 6.51. The van der Waals surface area contributed by atoms with E-state index in [1.165, 1.54) is 12.8 Å². The third kappa shape index (κ3) is 4.87. The predicted molar refractivity (Wildman–Crippen MR) is 78.2 cm³/mol. The number of nitrogens with two attached hydrogens (primary N) is 1. The summed E-state index contributed by atoms with van der Waals surface area (Å²) < 4.78 is 5.84. The molecule has 18 heavy (non-hydrogen) atoms. The van der Waals surface area contributed by atoms with E-state index in [0.717, 1.165) is 12.2 Å². The molecule has 0 aromatic heterocycles. The largest absolute Gasteiger partial charge is 0.489 e. The third-order valence-corrected chi connectivity index (χ3v) is 3.72. The Morgan fingerprint density at radius 3 is 2.50 bits per heavy atom. The molecule has 0 saturated heterocycles. The molecular weight excluding hydrogens is 246 g/mol. The maximum absolute atomic E-state index is 6.20. The van der Waals surface area contributed by atoms with Crippen LogP contribution in [-0.2, 0) is 0 Å². The summed E-state index contributed by atoms with van der Waals surface area (Å²) in [6.45, 7) is 6.45. The van der Waals surface area contributed by atoms with Crippen molar-refractivity contribution in [3.05, 3.63) is 29.3 Å². The van der Waals surface area contributed by atoms with Gasteiger partial charge in [-0.1, -0.05) is 44.4 Å². The average molecular weight is 270 g/mol. The minimum atomic E-state index is 0.00377. The molecule has 2 unspecified atom stereocenters. The molecule has 0 fully saturated rings. The van der Waals surface area contributed by atoms with Crippen LogP contribution in [0.2, 0.25) is 5.02 Å². The molecule has 0 aliphatic rings. The fourth-order valence-electron chi connectivity index (χ4n) is 2.04. The summed E-state index contributed by atoms with van der Waals surface area (Å²) in [7, 11) is 0. The van der Waals surface area contributed by atoms with E-state index in [1.54, 1.807) is 0 Å². The number of hydrogen-bond donors (Lipinski definition) is 1. The van der Waals surface area contributed by atoms with Gasteiger partial charge in [0.1, 0.15) is 11.9 Å². The van der Waals surface area contributed by atoms with Crippen LogP contribution in [0.1, 0.15) is 40.0 Å². The zero-order chi connectivity index (χ0) is 13.5. The number of benzene rings is 1. The molecule has 2 N–H and O–H groups in total. The standard InChI is InChI=1S/C15H24ClNO/c1-4-12(5-2)9-15(17)11(3)18-14-8-6-7-13(16)10-14/h6-8,10-12,15H,4-5,9,17H2,1-3H3. The Bertz CT molecular complexity index is 352. The first-order chi connectivity index (χ1) is 8.56. The molecular formula is C15H24ClNO. The van der Waals surface area contributed by atoms with Crippen LogP contribution in [0.4, 0.5) is 0 Å². The second-order valence-electron chi connectivity index (χ2n) is 4.86. The molecule has 0 aliphatic heterocycles. The Morgan fingerprint density at radius 2 is 1.94 bits per heavy atom. The van der Waals surface area contributed by atoms with Gasteiger partial charge in [-0.05, 0) is 37.5 Å². The lowest BCUT2D eigenvalue weighted by molar-refractivity contribution is 0.172. The van der Waals surface area contributed by atoms with Crippen molar-refractivity contribution >= 4 is 11.6 Å². The number of rotatable bonds is 7. The second kappa shape index (κ2) is 7.65. The molecule has 0 spiro atoms. The fraction of sp³-hybridized carbons (Fsp3) is 0.600. The van der Waals surface area contributed by atoms with Gasteiger partial charge < -0.3 is 10.5 Å². The summed E-state index contributed by atoms with van der Waals surface area (Å²) >= 11 is 5.93. The molecule has 1 aromatic rings. The predicted octanol–water partition coefficient (Wildman–Crippen LogP) is 4.26. The van der Waals surface area contributed by atoms with Gasteiger partial charge in [0.15, 0.2) is 0 Å². The lowest BCUT2D eigenvalue weighted by Gasteiger charge is -2.24. The van der Waals surface area contributed by atoms with Gasteiger partial charge in [-0.15, -0.1) is 0 Å². The molecule has 0 radical (unpaired) electrons. The van der Waals surface area contributed by atoms with Crippen molar-refractivity contribution in [2.45, 2.75) is 52.2 Å². The minimum absolute atomic E-state index is 0.00377. The molecule has 3 heteroatoms. The summed E-state index contributed by atoms with van der Waals surface area (Å²) in [5, 5.41) is 0.688. The lowest BCUT2D eigenvalue weighted by Crippen LogP contribution is -2.38. The van der Waals surface area contributed by atoms with E-state index in [1.807, 2.05) is 31.2 Å². The van der Waals surface area contributed by atoms with Gasteiger partial charge in [0, 0.05) is 11.1 Å². The van der Waals surface area contributed by atoms with Crippen molar-refractivity contribution in [2.24, 2.45) is 11.7 Å². The van der Waals surface area contributed by atoms with Crippen LogP contribution in [0.5, 0.6) is 5.75 Å². The first-order valence-corrected chi connectivity index (χ1v) is 7.12. The first-order valence-electron chi connectivity index (χ1n) is 6.74. The molecule has 1 aromatic carbocycles. The van der Waals surface area contributed by atoms with Gasteiger partial charge in [-0.3, -0.25) is 0 Å². The zero-order valence-corrected chi connectivity index (χ0v) is 12.3. The van der Waals surface area contributed by atoms with Gasteiger partial charge in [0.25, 0.3) is 0 Å². The average Bonchev–Trinajstić information content (AvgIpc) is 2.35. The van der Waals surface area contributed by atoms with Gasteiger partial charge in [-0.2, -0.15) is 0 Å². The van der Waals surface area contributed by atoms with Crippen LogP contribution in [0.15, 0.2) is 24.3 Å². The Labute approximate surface area is 115 Å². The topological polar surface area (TPSA) is 35.2 Å². The van der Waals surface area contributed by atoms with Gasteiger partial charge in [0.05, 0.1) is 0 Å². The second-order valence-corrected chi connectivity index (χ2v) is 5.30. The van der Waals surface area contributed by atoms with E-state index in [-0.39, 0.29) is 12.1 Å². The minimum Gasteiger partial charge on any atom is -0.489 e. The highest BCUT2D eigenvalue weighted by molar-refractivity contribution is 6.30. The molecule has 2 atom stereocenters. The van der Waals surface area contributed by atoms with E-state index < -0.39 is 0 Å². The van der Waals surface area contributed by atoms with Crippen LogP contribution in [0.3, 0.4) is 0 Å². The Balaban J connectivity index is 2.51. The molecule has 0 heterocycles. The molecule has 1 rings (SSSR count). The number of hydrogen-bond acceptors (Lipinski definition) is 2. The van der Waals surface area contributed by atoms with Crippen LogP contribution >= 0.6 is 11.6 Å². The van der Waals surface area contributed by atoms with Crippen molar-refractivity contribution < 1.29 is 4.74 Å². The smallest absolute Gasteiger partial charge is 0.121 e. The third-order valence-electron chi connectivity index (χ3n) is 3.48. The highest BCUT2D eigenvalue weighted by atomic mass is 35.5. The van der Waals surface area contributed by atoms with Crippen molar-refractivity contribution in [3.63, 3.8) is 0 Å². The summed E-state index contributed by atoms with van der Waals surface area (Å²) in [6.07, 6.45) is 3.36. The summed E-state index contributed by atoms with van der Waals surface area (Å²) in [6, 6.07) is 7.52. The quantitative estimate of drug-likeness (QED) is 0.803. The van der Waals surface area contributed by atoms with Crippen LogP contribution in [0.25, 0.3) is 0 Å². The summed E-state index contributed by atoms with van der Waals surface area (Å²) in [4.78, 5) is 0. The Morgan fingerprint density at radius 1 is 1.28 bits per heavy atom. The van der Waals surface area contributed by atoms with E-state index in [0.29, 0.717) is 10.9 Å². The monoisotopic (exact) mass is 269 g/mol. The zero-order valence-electron chi connectivity index (χ0n) is 11.5. The Hall–Kier alpha value is -0.730. The van der Waals surface area contributed by atoms with Crippen molar-refractivity contribution in [1.82, 2.24) is 0 Å².